The lowest BCUT2D eigenvalue weighted by Gasteiger charge is -2.15. The summed E-state index contributed by atoms with van der Waals surface area (Å²) >= 11 is 0. The lowest BCUT2D eigenvalue weighted by molar-refractivity contribution is 0.0950. The average molecular weight is 310 g/mol. The van der Waals surface area contributed by atoms with E-state index in [1.54, 1.807) is 6.20 Å². The Morgan fingerprint density at radius 2 is 1.87 bits per heavy atom. The molecule has 1 aliphatic heterocycles. The van der Waals surface area contributed by atoms with Crippen LogP contribution in [0.1, 0.15) is 40.0 Å². The first-order chi connectivity index (χ1) is 11.1. The molecule has 5 nitrogen and oxygen atoms in total. The second-order valence-corrected chi connectivity index (χ2v) is 6.10. The van der Waals surface area contributed by atoms with Gasteiger partial charge in [0.2, 0.25) is 5.95 Å². The Hall–Kier alpha value is -2.43. The summed E-state index contributed by atoms with van der Waals surface area (Å²) in [6.07, 6.45) is 4.15. The molecule has 0 spiro atoms. The summed E-state index contributed by atoms with van der Waals surface area (Å²) < 4.78 is 0. The van der Waals surface area contributed by atoms with Crippen LogP contribution in [0.4, 0.5) is 5.95 Å². The maximum absolute atomic E-state index is 12.3. The number of benzene rings is 1. The van der Waals surface area contributed by atoms with Crippen molar-refractivity contribution < 1.29 is 4.79 Å². The van der Waals surface area contributed by atoms with Crippen molar-refractivity contribution in [2.24, 2.45) is 0 Å². The maximum atomic E-state index is 12.3. The molecule has 5 heteroatoms. The highest BCUT2D eigenvalue weighted by molar-refractivity contribution is 5.94. The minimum atomic E-state index is -0.0712. The molecular formula is C18H22N4O. The van der Waals surface area contributed by atoms with E-state index in [0.717, 1.165) is 35.9 Å². The summed E-state index contributed by atoms with van der Waals surface area (Å²) in [5.74, 6) is 0.693. The smallest absolute Gasteiger partial charge is 0.251 e. The first-order valence-electron chi connectivity index (χ1n) is 8.05. The third kappa shape index (κ3) is 3.86. The SMILES string of the molecule is Cc1cc(C)cc(C(=O)NCc2ccnc(N3CCCC3)n2)c1. The Morgan fingerprint density at radius 3 is 2.57 bits per heavy atom. The molecule has 2 aromatic rings. The molecule has 0 saturated carbocycles. The van der Waals surface area contributed by atoms with Gasteiger partial charge in [-0.3, -0.25) is 4.79 Å². The van der Waals surface area contributed by atoms with Gasteiger partial charge in [-0.15, -0.1) is 0 Å². The molecule has 0 atom stereocenters. The molecule has 1 aromatic carbocycles. The number of carbonyl (C=O) groups is 1. The lowest BCUT2D eigenvalue weighted by atomic mass is 10.1. The number of rotatable bonds is 4. The summed E-state index contributed by atoms with van der Waals surface area (Å²) in [4.78, 5) is 23.4. The van der Waals surface area contributed by atoms with Crippen LogP contribution in [0.25, 0.3) is 0 Å². The third-order valence-electron chi connectivity index (χ3n) is 4.00. The highest BCUT2D eigenvalue weighted by Crippen LogP contribution is 2.15. The predicted molar refractivity (Wildman–Crippen MR) is 90.6 cm³/mol. The van der Waals surface area contributed by atoms with Gasteiger partial charge in [0.1, 0.15) is 0 Å². The standard InChI is InChI=1S/C18H22N4O/c1-13-9-14(2)11-15(10-13)17(23)20-12-16-5-6-19-18(21-16)22-7-3-4-8-22/h5-6,9-11H,3-4,7-8,12H2,1-2H3,(H,20,23). The van der Waals surface area contributed by atoms with Gasteiger partial charge in [-0.25, -0.2) is 9.97 Å². The predicted octanol–water partition coefficient (Wildman–Crippen LogP) is 2.62. The number of hydrogen-bond acceptors (Lipinski definition) is 4. The van der Waals surface area contributed by atoms with Crippen molar-refractivity contribution in [3.63, 3.8) is 0 Å². The van der Waals surface area contributed by atoms with Crippen molar-refractivity contribution >= 4 is 11.9 Å². The number of anilines is 1. The van der Waals surface area contributed by atoms with Gasteiger partial charge in [0.25, 0.3) is 5.91 Å². The fourth-order valence-electron chi connectivity index (χ4n) is 2.93. The van der Waals surface area contributed by atoms with Crippen molar-refractivity contribution in [2.75, 3.05) is 18.0 Å². The summed E-state index contributed by atoms with van der Waals surface area (Å²) in [7, 11) is 0. The highest BCUT2D eigenvalue weighted by Gasteiger charge is 2.15. The van der Waals surface area contributed by atoms with E-state index < -0.39 is 0 Å². The van der Waals surface area contributed by atoms with Crippen LogP contribution < -0.4 is 10.2 Å². The second-order valence-electron chi connectivity index (χ2n) is 6.10. The molecular weight excluding hydrogens is 288 g/mol. The summed E-state index contributed by atoms with van der Waals surface area (Å²) in [5, 5.41) is 2.94. The van der Waals surface area contributed by atoms with Gasteiger partial charge in [-0.05, 0) is 44.9 Å². The normalized spacial score (nSPS) is 14.1. The van der Waals surface area contributed by atoms with E-state index in [9.17, 15) is 4.79 Å². The zero-order valence-corrected chi connectivity index (χ0v) is 13.7. The van der Waals surface area contributed by atoms with Crippen molar-refractivity contribution in [2.45, 2.75) is 33.2 Å². The van der Waals surface area contributed by atoms with Crippen LogP contribution in [0.5, 0.6) is 0 Å². The Morgan fingerprint density at radius 1 is 1.17 bits per heavy atom. The van der Waals surface area contributed by atoms with Crippen molar-refractivity contribution in [1.29, 1.82) is 0 Å². The fraction of sp³-hybridized carbons (Fsp3) is 0.389. The number of aryl methyl sites for hydroxylation is 2. The van der Waals surface area contributed by atoms with Gasteiger partial charge in [-0.1, -0.05) is 17.2 Å². The number of hydrogen-bond donors (Lipinski definition) is 1. The van der Waals surface area contributed by atoms with Crippen molar-refractivity contribution in [1.82, 2.24) is 15.3 Å². The molecule has 0 bridgehead atoms. The molecule has 1 aliphatic rings. The molecule has 23 heavy (non-hydrogen) atoms. The van der Waals surface area contributed by atoms with E-state index >= 15 is 0 Å². The van der Waals surface area contributed by atoms with E-state index in [0.29, 0.717) is 12.1 Å². The van der Waals surface area contributed by atoms with E-state index in [4.69, 9.17) is 0 Å². The Kier molecular flexibility index (Phi) is 4.55. The highest BCUT2D eigenvalue weighted by atomic mass is 16.1. The van der Waals surface area contributed by atoms with Gasteiger partial charge >= 0.3 is 0 Å². The first-order valence-corrected chi connectivity index (χ1v) is 8.05. The monoisotopic (exact) mass is 310 g/mol. The summed E-state index contributed by atoms with van der Waals surface area (Å²) in [6, 6.07) is 7.71. The largest absolute Gasteiger partial charge is 0.346 e. The molecule has 1 saturated heterocycles. The average Bonchev–Trinajstić information content (AvgIpc) is 3.06. The number of carbonyl (C=O) groups excluding carboxylic acids is 1. The van der Waals surface area contributed by atoms with Gasteiger partial charge < -0.3 is 10.2 Å². The Labute approximate surface area is 136 Å². The Bertz CT molecular complexity index is 688. The van der Waals surface area contributed by atoms with E-state index in [1.165, 1.54) is 12.8 Å². The van der Waals surface area contributed by atoms with Crippen molar-refractivity contribution in [3.05, 3.63) is 52.8 Å². The molecule has 2 heterocycles. The van der Waals surface area contributed by atoms with Gasteiger partial charge in [0.05, 0.1) is 12.2 Å². The van der Waals surface area contributed by atoms with E-state index in [-0.39, 0.29) is 5.91 Å². The van der Waals surface area contributed by atoms with Crippen LogP contribution in [-0.2, 0) is 6.54 Å². The number of nitrogens with one attached hydrogen (secondary N) is 1. The van der Waals surface area contributed by atoms with E-state index in [2.05, 4.69) is 26.3 Å². The molecule has 3 rings (SSSR count). The molecule has 1 amide bonds. The van der Waals surface area contributed by atoms with Gasteiger partial charge in [0.15, 0.2) is 0 Å². The van der Waals surface area contributed by atoms with Crippen LogP contribution in [0.15, 0.2) is 30.5 Å². The third-order valence-corrected chi connectivity index (χ3v) is 4.00. The number of nitrogens with zero attached hydrogens (tertiary/aromatic N) is 3. The number of amides is 1. The second kappa shape index (κ2) is 6.77. The minimum Gasteiger partial charge on any atom is -0.346 e. The maximum Gasteiger partial charge on any atom is 0.251 e. The zero-order valence-electron chi connectivity index (χ0n) is 13.7. The van der Waals surface area contributed by atoms with Gasteiger partial charge in [0, 0.05) is 24.8 Å². The molecule has 0 unspecified atom stereocenters. The van der Waals surface area contributed by atoms with Crippen LogP contribution in [0.2, 0.25) is 0 Å². The minimum absolute atomic E-state index is 0.0712. The topological polar surface area (TPSA) is 58.1 Å². The summed E-state index contributed by atoms with van der Waals surface area (Å²) in [6.45, 7) is 6.43. The molecule has 0 radical (unpaired) electrons. The molecule has 1 aromatic heterocycles. The van der Waals surface area contributed by atoms with Crippen LogP contribution in [0, 0.1) is 13.8 Å². The van der Waals surface area contributed by atoms with Crippen LogP contribution >= 0.6 is 0 Å². The molecule has 0 aliphatic carbocycles. The van der Waals surface area contributed by atoms with E-state index in [1.807, 2.05) is 32.0 Å². The number of aromatic nitrogens is 2. The zero-order chi connectivity index (χ0) is 16.2. The van der Waals surface area contributed by atoms with Crippen molar-refractivity contribution in [3.8, 4) is 0 Å². The quantitative estimate of drug-likeness (QED) is 0.943. The molecule has 1 N–H and O–H groups in total. The summed E-state index contributed by atoms with van der Waals surface area (Å²) in [5.41, 5.74) is 3.71. The lowest BCUT2D eigenvalue weighted by Crippen LogP contribution is -2.25. The fourth-order valence-corrected chi connectivity index (χ4v) is 2.93. The molecule has 1 fully saturated rings. The molecule has 120 valence electrons. The van der Waals surface area contributed by atoms with Gasteiger partial charge in [-0.2, -0.15) is 0 Å². The first kappa shape index (κ1) is 15.5. The van der Waals surface area contributed by atoms with Crippen LogP contribution in [-0.4, -0.2) is 29.0 Å². The Balaban J connectivity index is 1.65. The van der Waals surface area contributed by atoms with Crippen LogP contribution in [0.3, 0.4) is 0 Å².